The molecular weight excluding hydrogens is 264 g/mol. The molecular formula is C9H12N2O4S2. The first-order valence-electron chi connectivity index (χ1n) is 5.04. The maximum absolute atomic E-state index is 11.6. The number of rotatable bonds is 6. The van der Waals surface area contributed by atoms with Crippen LogP contribution in [0.3, 0.4) is 0 Å². The minimum atomic E-state index is -3.76. The second-order valence-electron chi connectivity index (χ2n) is 3.80. The van der Waals surface area contributed by atoms with Gasteiger partial charge in [-0.2, -0.15) is 17.9 Å². The van der Waals surface area contributed by atoms with Crippen LogP contribution in [0, 0.1) is 0 Å². The summed E-state index contributed by atoms with van der Waals surface area (Å²) in [6.45, 7) is 0. The fourth-order valence-corrected chi connectivity index (χ4v) is 3.42. The second-order valence-corrected chi connectivity index (χ2v) is 6.26. The molecule has 0 aliphatic heterocycles. The lowest BCUT2D eigenvalue weighted by molar-refractivity contribution is -0.139. The molecule has 2 rings (SSSR count). The molecule has 1 saturated carbocycles. The van der Waals surface area contributed by atoms with Gasteiger partial charge < -0.3 is 5.11 Å². The van der Waals surface area contributed by atoms with Crippen molar-refractivity contribution in [1.82, 2.24) is 9.44 Å². The van der Waals surface area contributed by atoms with Crippen molar-refractivity contribution in [2.24, 2.45) is 0 Å². The van der Waals surface area contributed by atoms with Crippen molar-refractivity contribution in [2.75, 3.05) is 0 Å². The molecule has 1 aromatic heterocycles. The maximum atomic E-state index is 11.6. The van der Waals surface area contributed by atoms with Gasteiger partial charge in [0.15, 0.2) is 6.04 Å². The highest BCUT2D eigenvalue weighted by molar-refractivity contribution is 7.87. The Bertz CT molecular complexity index is 493. The number of nitrogens with one attached hydrogen (secondary N) is 2. The van der Waals surface area contributed by atoms with Crippen LogP contribution in [-0.4, -0.2) is 25.5 Å². The van der Waals surface area contributed by atoms with E-state index in [1.54, 1.807) is 17.5 Å². The van der Waals surface area contributed by atoms with E-state index in [1.807, 2.05) is 0 Å². The molecule has 0 aromatic carbocycles. The summed E-state index contributed by atoms with van der Waals surface area (Å²) >= 11 is 1.20. The summed E-state index contributed by atoms with van der Waals surface area (Å²) in [6, 6.07) is 1.98. The van der Waals surface area contributed by atoms with Gasteiger partial charge in [0.2, 0.25) is 0 Å². The SMILES string of the molecule is O=C(O)C(NS(=O)(=O)NC1CC1)c1cccs1. The Labute approximate surface area is 103 Å². The van der Waals surface area contributed by atoms with Crippen LogP contribution in [-0.2, 0) is 15.0 Å². The number of hydrogen-bond donors (Lipinski definition) is 3. The van der Waals surface area contributed by atoms with Gasteiger partial charge in [0.05, 0.1) is 0 Å². The maximum Gasteiger partial charge on any atom is 0.327 e. The Morgan fingerprint density at radius 3 is 2.71 bits per heavy atom. The van der Waals surface area contributed by atoms with E-state index in [2.05, 4.69) is 9.44 Å². The van der Waals surface area contributed by atoms with Crippen molar-refractivity contribution in [3.05, 3.63) is 22.4 Å². The van der Waals surface area contributed by atoms with Gasteiger partial charge in [-0.25, -0.2) is 0 Å². The topological polar surface area (TPSA) is 95.5 Å². The predicted octanol–water partition coefficient (Wildman–Crippen LogP) is 0.460. The van der Waals surface area contributed by atoms with Crippen molar-refractivity contribution >= 4 is 27.5 Å². The van der Waals surface area contributed by atoms with Gasteiger partial charge in [0.1, 0.15) is 0 Å². The van der Waals surface area contributed by atoms with Crippen molar-refractivity contribution in [2.45, 2.75) is 24.9 Å². The molecule has 0 radical (unpaired) electrons. The van der Waals surface area contributed by atoms with Crippen molar-refractivity contribution in [1.29, 1.82) is 0 Å². The molecule has 8 heteroatoms. The third-order valence-electron chi connectivity index (χ3n) is 2.25. The first kappa shape index (κ1) is 12.5. The minimum absolute atomic E-state index is 0.0507. The average Bonchev–Trinajstić information content (AvgIpc) is 2.86. The van der Waals surface area contributed by atoms with Crippen LogP contribution in [0.4, 0.5) is 0 Å². The first-order chi connectivity index (χ1) is 7.98. The van der Waals surface area contributed by atoms with Crippen LogP contribution in [0.25, 0.3) is 0 Å². The molecule has 0 bridgehead atoms. The van der Waals surface area contributed by atoms with Gasteiger partial charge in [-0.3, -0.25) is 4.79 Å². The fraction of sp³-hybridized carbons (Fsp3) is 0.444. The van der Waals surface area contributed by atoms with Crippen LogP contribution in [0.1, 0.15) is 23.8 Å². The Balaban J connectivity index is 2.10. The lowest BCUT2D eigenvalue weighted by Gasteiger charge is -2.13. The zero-order valence-electron chi connectivity index (χ0n) is 8.79. The van der Waals surface area contributed by atoms with Crippen molar-refractivity contribution < 1.29 is 18.3 Å². The highest BCUT2D eigenvalue weighted by atomic mass is 32.2. The van der Waals surface area contributed by atoms with Gasteiger partial charge in [0.25, 0.3) is 10.2 Å². The van der Waals surface area contributed by atoms with E-state index in [9.17, 15) is 13.2 Å². The molecule has 1 aliphatic rings. The molecule has 94 valence electrons. The van der Waals surface area contributed by atoms with Crippen molar-refractivity contribution in [3.63, 3.8) is 0 Å². The second kappa shape index (κ2) is 4.73. The fourth-order valence-electron chi connectivity index (χ4n) is 1.30. The number of hydrogen-bond acceptors (Lipinski definition) is 4. The Hall–Kier alpha value is -0.960. The monoisotopic (exact) mass is 276 g/mol. The van der Waals surface area contributed by atoms with E-state index in [1.165, 1.54) is 11.3 Å². The smallest absolute Gasteiger partial charge is 0.327 e. The van der Waals surface area contributed by atoms with Crippen molar-refractivity contribution in [3.8, 4) is 0 Å². The molecule has 3 N–H and O–H groups in total. The van der Waals surface area contributed by atoms with Gasteiger partial charge in [-0.1, -0.05) is 6.07 Å². The van der Waals surface area contributed by atoms with Crippen LogP contribution < -0.4 is 9.44 Å². The zero-order chi connectivity index (χ0) is 12.5. The van der Waals surface area contributed by atoms with Gasteiger partial charge in [-0.15, -0.1) is 11.3 Å². The first-order valence-corrected chi connectivity index (χ1v) is 7.40. The Morgan fingerprint density at radius 2 is 2.24 bits per heavy atom. The summed E-state index contributed by atoms with van der Waals surface area (Å²) in [6.07, 6.45) is 1.61. The molecule has 6 nitrogen and oxygen atoms in total. The lowest BCUT2D eigenvalue weighted by Crippen LogP contribution is -2.42. The van der Waals surface area contributed by atoms with Crippen LogP contribution in [0.5, 0.6) is 0 Å². The van der Waals surface area contributed by atoms with E-state index >= 15 is 0 Å². The highest BCUT2D eigenvalue weighted by Crippen LogP contribution is 2.22. The molecule has 1 unspecified atom stereocenters. The van der Waals surface area contributed by atoms with Crippen LogP contribution >= 0.6 is 11.3 Å². The molecule has 1 aromatic rings. The molecule has 1 heterocycles. The molecule has 0 spiro atoms. The molecule has 1 aliphatic carbocycles. The Kier molecular flexibility index (Phi) is 3.48. The molecule has 0 amide bonds. The standard InChI is InChI=1S/C9H12N2O4S2/c12-9(13)8(7-2-1-5-16-7)11-17(14,15)10-6-3-4-6/h1-2,5-6,8,10-11H,3-4H2,(H,12,13). The Morgan fingerprint density at radius 1 is 1.53 bits per heavy atom. The van der Waals surface area contributed by atoms with Gasteiger partial charge in [-0.05, 0) is 24.3 Å². The largest absolute Gasteiger partial charge is 0.480 e. The van der Waals surface area contributed by atoms with Gasteiger partial charge >= 0.3 is 5.97 Å². The minimum Gasteiger partial charge on any atom is -0.480 e. The number of aliphatic carboxylic acids is 1. The summed E-state index contributed by atoms with van der Waals surface area (Å²) in [7, 11) is -3.76. The zero-order valence-corrected chi connectivity index (χ0v) is 10.4. The molecule has 17 heavy (non-hydrogen) atoms. The van der Waals surface area contributed by atoms with E-state index in [0.29, 0.717) is 4.88 Å². The van der Waals surface area contributed by atoms with Gasteiger partial charge in [0, 0.05) is 10.9 Å². The molecule has 0 saturated heterocycles. The number of carboxylic acids is 1. The summed E-state index contributed by atoms with van der Waals surface area (Å²) < 4.78 is 27.7. The molecule has 1 atom stereocenters. The van der Waals surface area contributed by atoms with Crippen LogP contribution in [0.15, 0.2) is 17.5 Å². The summed E-state index contributed by atoms with van der Waals surface area (Å²) in [4.78, 5) is 11.5. The number of carboxylic acid groups (broad SMARTS) is 1. The summed E-state index contributed by atoms with van der Waals surface area (Å²) in [5.74, 6) is -1.21. The average molecular weight is 276 g/mol. The van der Waals surface area contributed by atoms with Crippen LogP contribution in [0.2, 0.25) is 0 Å². The third-order valence-corrected chi connectivity index (χ3v) is 4.37. The summed E-state index contributed by atoms with van der Waals surface area (Å²) in [5.41, 5.74) is 0. The normalized spacial score (nSPS) is 17.9. The lowest BCUT2D eigenvalue weighted by atomic mass is 10.3. The van der Waals surface area contributed by atoms with E-state index in [-0.39, 0.29) is 6.04 Å². The number of carbonyl (C=O) groups is 1. The third kappa shape index (κ3) is 3.50. The van der Waals surface area contributed by atoms with E-state index in [0.717, 1.165) is 12.8 Å². The molecule has 1 fully saturated rings. The number of thiophene rings is 1. The van der Waals surface area contributed by atoms with E-state index in [4.69, 9.17) is 5.11 Å². The highest BCUT2D eigenvalue weighted by Gasteiger charge is 2.31. The van der Waals surface area contributed by atoms with E-state index < -0.39 is 22.2 Å². The predicted molar refractivity (Wildman–Crippen MR) is 62.9 cm³/mol. The quantitative estimate of drug-likeness (QED) is 0.703. The summed E-state index contributed by atoms with van der Waals surface area (Å²) in [5, 5.41) is 10.7.